The fourth-order valence-electron chi connectivity index (χ4n) is 7.16. The maximum Gasteiger partial charge on any atom is 0.249 e. The lowest BCUT2D eigenvalue weighted by molar-refractivity contribution is -0.152. The minimum absolute atomic E-state index is 0.0188. The van der Waals surface area contributed by atoms with Crippen molar-refractivity contribution in [3.63, 3.8) is 0 Å². The SMILES string of the molecule is CCCC(C)N1CC=C[C@]23O[C@@]4(C)C=CCN(c5ccccc5)C(=O)[C@H]4[C@H]2C(=O)N(CCCCCO)C3C1=O. The van der Waals surface area contributed by atoms with Crippen LogP contribution in [0.3, 0.4) is 0 Å². The van der Waals surface area contributed by atoms with Gasteiger partial charge in [-0.05, 0) is 51.7 Å². The van der Waals surface area contributed by atoms with Gasteiger partial charge in [-0.1, -0.05) is 55.8 Å². The lowest BCUT2D eigenvalue weighted by Crippen LogP contribution is -2.57. The molecule has 4 aliphatic rings. The second kappa shape index (κ2) is 10.9. The second-order valence-corrected chi connectivity index (χ2v) is 11.5. The molecule has 4 aliphatic heterocycles. The topological polar surface area (TPSA) is 90.4 Å². The van der Waals surface area contributed by atoms with E-state index >= 15 is 0 Å². The maximum atomic E-state index is 14.4. The van der Waals surface area contributed by atoms with E-state index in [2.05, 4.69) is 13.8 Å². The Bertz CT molecular complexity index is 1150. The van der Waals surface area contributed by atoms with Gasteiger partial charge in [-0.2, -0.15) is 0 Å². The Kier molecular flexibility index (Phi) is 7.71. The molecule has 1 spiro atoms. The molecule has 210 valence electrons. The minimum atomic E-state index is -1.23. The van der Waals surface area contributed by atoms with Crippen molar-refractivity contribution in [3.8, 4) is 0 Å². The zero-order valence-corrected chi connectivity index (χ0v) is 23.3. The number of para-hydroxylation sites is 1. The molecule has 6 atom stereocenters. The number of hydrogen-bond acceptors (Lipinski definition) is 5. The van der Waals surface area contributed by atoms with E-state index in [0.29, 0.717) is 32.5 Å². The number of rotatable bonds is 9. The summed E-state index contributed by atoms with van der Waals surface area (Å²) in [6.07, 6.45) is 11.6. The Morgan fingerprint density at radius 1 is 0.974 bits per heavy atom. The van der Waals surface area contributed by atoms with Crippen molar-refractivity contribution in [1.82, 2.24) is 9.80 Å². The first-order valence-corrected chi connectivity index (χ1v) is 14.4. The Morgan fingerprint density at radius 3 is 2.44 bits per heavy atom. The van der Waals surface area contributed by atoms with E-state index < -0.39 is 29.1 Å². The molecule has 1 aromatic carbocycles. The highest BCUT2D eigenvalue weighted by Crippen LogP contribution is 2.57. The van der Waals surface area contributed by atoms with E-state index in [1.165, 1.54) is 0 Å². The van der Waals surface area contributed by atoms with E-state index in [0.717, 1.165) is 24.9 Å². The highest BCUT2D eigenvalue weighted by molar-refractivity contribution is 6.04. The van der Waals surface area contributed by atoms with Crippen LogP contribution >= 0.6 is 0 Å². The summed E-state index contributed by atoms with van der Waals surface area (Å²) in [6.45, 7) is 7.34. The van der Waals surface area contributed by atoms with Crippen molar-refractivity contribution >= 4 is 23.4 Å². The molecule has 8 nitrogen and oxygen atoms in total. The van der Waals surface area contributed by atoms with Crippen LogP contribution in [0.1, 0.15) is 52.9 Å². The predicted molar refractivity (Wildman–Crippen MR) is 149 cm³/mol. The van der Waals surface area contributed by atoms with Gasteiger partial charge in [0.15, 0.2) is 0 Å². The predicted octanol–water partition coefficient (Wildman–Crippen LogP) is 3.31. The number of carbonyl (C=O) groups excluding carboxylic acids is 3. The van der Waals surface area contributed by atoms with Crippen LogP contribution in [0.4, 0.5) is 5.69 Å². The largest absolute Gasteiger partial charge is 0.396 e. The first-order valence-electron chi connectivity index (χ1n) is 14.4. The quantitative estimate of drug-likeness (QED) is 0.387. The van der Waals surface area contributed by atoms with Gasteiger partial charge in [-0.15, -0.1) is 0 Å². The van der Waals surface area contributed by atoms with Crippen LogP contribution in [0.25, 0.3) is 0 Å². The third-order valence-corrected chi connectivity index (χ3v) is 8.95. The van der Waals surface area contributed by atoms with Gasteiger partial charge in [0.1, 0.15) is 11.6 Å². The minimum Gasteiger partial charge on any atom is -0.396 e. The third-order valence-electron chi connectivity index (χ3n) is 8.95. The van der Waals surface area contributed by atoms with E-state index in [-0.39, 0.29) is 30.4 Å². The van der Waals surface area contributed by atoms with Crippen molar-refractivity contribution in [2.75, 3.05) is 31.1 Å². The highest BCUT2D eigenvalue weighted by Gasteiger charge is 2.74. The van der Waals surface area contributed by atoms with Gasteiger partial charge in [-0.25, -0.2) is 0 Å². The number of likely N-dealkylation sites (tertiary alicyclic amines) is 1. The standard InChI is InChI=1S/C31H41N3O5/c1-4-13-22(2)32-19-12-17-31-25(28(37)34(26(31)29(32)38)18-9-6-10-21-35)24-27(36)33(23-14-7-5-8-15-23)20-11-16-30(24,3)39-31/h5,7-8,11-12,14-17,22,24-26,35H,4,6,9-10,13,18-21H2,1-3H3/t22?,24-,25+,26?,30+,31+/m1/s1. The van der Waals surface area contributed by atoms with Gasteiger partial charge >= 0.3 is 0 Å². The Hall–Kier alpha value is -2.97. The average Bonchev–Trinajstić information content (AvgIpc) is 3.18. The second-order valence-electron chi connectivity index (χ2n) is 11.5. The van der Waals surface area contributed by atoms with Crippen molar-refractivity contribution in [3.05, 3.63) is 54.6 Å². The summed E-state index contributed by atoms with van der Waals surface area (Å²) in [4.78, 5) is 48.3. The Balaban J connectivity index is 1.58. The van der Waals surface area contributed by atoms with Crippen molar-refractivity contribution in [2.24, 2.45) is 11.8 Å². The first kappa shape index (κ1) is 27.6. The molecule has 5 rings (SSSR count). The molecule has 0 radical (unpaired) electrons. The van der Waals surface area contributed by atoms with E-state index in [9.17, 15) is 19.5 Å². The fourth-order valence-corrected chi connectivity index (χ4v) is 7.16. The molecular weight excluding hydrogens is 494 g/mol. The van der Waals surface area contributed by atoms with Gasteiger partial charge in [-0.3, -0.25) is 14.4 Å². The molecule has 1 aromatic rings. The first-order chi connectivity index (χ1) is 18.8. The number of benzene rings is 1. The molecule has 0 aliphatic carbocycles. The van der Waals surface area contributed by atoms with E-state index in [4.69, 9.17) is 4.74 Å². The van der Waals surface area contributed by atoms with Crippen LogP contribution in [-0.2, 0) is 19.1 Å². The van der Waals surface area contributed by atoms with Crippen LogP contribution in [0.5, 0.6) is 0 Å². The number of fused-ring (bicyclic) bond motifs is 2. The molecule has 2 saturated heterocycles. The summed E-state index contributed by atoms with van der Waals surface area (Å²) in [7, 11) is 0. The number of hydrogen-bond donors (Lipinski definition) is 1. The number of amides is 3. The maximum absolute atomic E-state index is 14.4. The zero-order chi connectivity index (χ0) is 27.8. The number of unbranched alkanes of at least 4 members (excludes halogenated alkanes) is 2. The van der Waals surface area contributed by atoms with Gasteiger partial charge in [0.05, 0.1) is 17.4 Å². The number of anilines is 1. The Morgan fingerprint density at radius 2 is 1.72 bits per heavy atom. The third kappa shape index (κ3) is 4.51. The highest BCUT2D eigenvalue weighted by atomic mass is 16.5. The van der Waals surface area contributed by atoms with Crippen LogP contribution in [0, 0.1) is 11.8 Å². The number of nitrogens with zero attached hydrogens (tertiary/aromatic N) is 3. The van der Waals surface area contributed by atoms with E-state index in [1.54, 1.807) is 9.80 Å². The molecule has 1 N–H and O–H groups in total. The molecule has 4 heterocycles. The molecule has 0 bridgehead atoms. The monoisotopic (exact) mass is 535 g/mol. The summed E-state index contributed by atoms with van der Waals surface area (Å²) in [5, 5.41) is 9.27. The van der Waals surface area contributed by atoms with Crippen molar-refractivity contribution < 1.29 is 24.2 Å². The summed E-state index contributed by atoms with van der Waals surface area (Å²) >= 11 is 0. The van der Waals surface area contributed by atoms with Gasteiger partial charge in [0.2, 0.25) is 17.7 Å². The molecular formula is C31H41N3O5. The average molecular weight is 536 g/mol. The molecule has 39 heavy (non-hydrogen) atoms. The van der Waals surface area contributed by atoms with Gasteiger partial charge < -0.3 is 24.5 Å². The molecule has 3 amide bonds. The summed E-state index contributed by atoms with van der Waals surface area (Å²) in [5.41, 5.74) is -1.49. The van der Waals surface area contributed by atoms with Crippen LogP contribution in [0.15, 0.2) is 54.6 Å². The van der Waals surface area contributed by atoms with Crippen molar-refractivity contribution in [1.29, 1.82) is 0 Å². The number of carbonyl (C=O) groups is 3. The number of aliphatic hydroxyl groups is 1. The fraction of sp³-hybridized carbons (Fsp3) is 0.581. The van der Waals surface area contributed by atoms with Gasteiger partial charge in [0, 0.05) is 38.0 Å². The van der Waals surface area contributed by atoms with Crippen LogP contribution < -0.4 is 4.90 Å². The van der Waals surface area contributed by atoms with E-state index in [1.807, 2.05) is 66.5 Å². The normalized spacial score (nSPS) is 32.7. The zero-order valence-electron chi connectivity index (χ0n) is 23.3. The summed E-state index contributed by atoms with van der Waals surface area (Å²) in [5.74, 6) is -2.06. The number of ether oxygens (including phenoxy) is 1. The molecule has 2 fully saturated rings. The molecule has 2 unspecified atom stereocenters. The van der Waals surface area contributed by atoms with Crippen molar-refractivity contribution in [2.45, 2.75) is 76.2 Å². The lowest BCUT2D eigenvalue weighted by Gasteiger charge is -2.38. The molecule has 8 heteroatoms. The van der Waals surface area contributed by atoms with Gasteiger partial charge in [0.25, 0.3) is 0 Å². The molecule has 0 aromatic heterocycles. The summed E-state index contributed by atoms with van der Waals surface area (Å²) < 4.78 is 6.90. The summed E-state index contributed by atoms with van der Waals surface area (Å²) in [6, 6.07) is 8.68. The van der Waals surface area contributed by atoms with Crippen LogP contribution in [0.2, 0.25) is 0 Å². The van der Waals surface area contributed by atoms with Crippen LogP contribution in [-0.4, -0.2) is 82.2 Å². The smallest absolute Gasteiger partial charge is 0.249 e. The molecule has 0 saturated carbocycles. The lowest BCUT2D eigenvalue weighted by atomic mass is 9.74. The number of aliphatic hydroxyl groups excluding tert-OH is 1. The Labute approximate surface area is 231 Å².